The van der Waals surface area contributed by atoms with Crippen LogP contribution in [-0.2, 0) is 4.79 Å². The van der Waals surface area contributed by atoms with Crippen LogP contribution in [0, 0.1) is 5.41 Å². The van der Waals surface area contributed by atoms with E-state index in [2.05, 4.69) is 30.6 Å². The van der Waals surface area contributed by atoms with Crippen molar-refractivity contribution in [2.75, 3.05) is 26.2 Å². The van der Waals surface area contributed by atoms with Crippen molar-refractivity contribution in [2.24, 2.45) is 5.41 Å². The lowest BCUT2D eigenvalue weighted by atomic mass is 9.77. The van der Waals surface area contributed by atoms with Gasteiger partial charge in [-0.1, -0.05) is 6.92 Å². The second-order valence-electron chi connectivity index (χ2n) is 6.13. The topological polar surface area (TPSA) is 23.6 Å². The van der Waals surface area contributed by atoms with Crippen LogP contribution in [0.15, 0.2) is 0 Å². The van der Waals surface area contributed by atoms with Crippen molar-refractivity contribution in [2.45, 2.75) is 52.5 Å². The predicted molar refractivity (Wildman–Crippen MR) is 69.9 cm³/mol. The van der Waals surface area contributed by atoms with Crippen molar-refractivity contribution >= 4 is 5.91 Å². The highest BCUT2D eigenvalue weighted by molar-refractivity contribution is 5.79. The molecule has 0 bridgehead atoms. The fraction of sp³-hybridized carbons (Fsp3) is 0.929. The van der Waals surface area contributed by atoms with Gasteiger partial charge in [0.1, 0.15) is 0 Å². The third kappa shape index (κ3) is 2.65. The summed E-state index contributed by atoms with van der Waals surface area (Å²) in [5, 5.41) is 0. The Balaban J connectivity index is 1.93. The minimum Gasteiger partial charge on any atom is -0.340 e. The molecule has 17 heavy (non-hydrogen) atoms. The maximum atomic E-state index is 12.0. The zero-order valence-corrected chi connectivity index (χ0v) is 11.5. The predicted octanol–water partition coefficient (Wildman–Crippen LogP) is 2.12. The largest absolute Gasteiger partial charge is 0.340 e. The molecule has 2 fully saturated rings. The monoisotopic (exact) mass is 238 g/mol. The number of amides is 1. The van der Waals surface area contributed by atoms with Gasteiger partial charge in [-0.3, -0.25) is 4.79 Å². The Bertz CT molecular complexity index is 280. The maximum Gasteiger partial charge on any atom is 0.223 e. The summed E-state index contributed by atoms with van der Waals surface area (Å²) >= 11 is 0. The molecule has 0 aliphatic carbocycles. The molecule has 0 aromatic carbocycles. The molecule has 1 amide bonds. The zero-order valence-electron chi connectivity index (χ0n) is 11.5. The normalized spacial score (nSPS) is 25.2. The molecule has 98 valence electrons. The van der Waals surface area contributed by atoms with Crippen molar-refractivity contribution in [3.8, 4) is 0 Å². The number of piperidine rings is 1. The van der Waals surface area contributed by atoms with Crippen LogP contribution < -0.4 is 0 Å². The summed E-state index contributed by atoms with van der Waals surface area (Å²) in [6, 6.07) is 0.371. The van der Waals surface area contributed by atoms with Gasteiger partial charge < -0.3 is 9.80 Å². The number of rotatable bonds is 3. The molecule has 2 heterocycles. The molecule has 0 saturated carbocycles. The first-order valence-electron chi connectivity index (χ1n) is 7.08. The van der Waals surface area contributed by atoms with Crippen molar-refractivity contribution in [1.29, 1.82) is 0 Å². The molecular formula is C14H26N2O. The third-order valence-corrected chi connectivity index (χ3v) is 4.43. The van der Waals surface area contributed by atoms with Gasteiger partial charge in [-0.15, -0.1) is 0 Å². The Hall–Kier alpha value is -0.570. The van der Waals surface area contributed by atoms with Crippen LogP contribution in [0.5, 0.6) is 0 Å². The Labute approximate surface area is 105 Å². The molecule has 1 spiro atoms. The number of likely N-dealkylation sites (tertiary alicyclic amines) is 2. The van der Waals surface area contributed by atoms with Crippen LogP contribution in [0.4, 0.5) is 0 Å². The maximum absolute atomic E-state index is 12.0. The number of carbonyl (C=O) groups excluding carboxylic acids is 1. The zero-order chi connectivity index (χ0) is 12.5. The lowest BCUT2D eigenvalue weighted by Crippen LogP contribution is -2.42. The first-order chi connectivity index (χ1) is 8.06. The molecule has 3 heteroatoms. The fourth-order valence-electron chi connectivity index (χ4n) is 3.30. The van der Waals surface area contributed by atoms with Crippen LogP contribution >= 0.6 is 0 Å². The highest BCUT2D eigenvalue weighted by atomic mass is 16.2. The van der Waals surface area contributed by atoms with E-state index in [1.54, 1.807) is 0 Å². The van der Waals surface area contributed by atoms with Gasteiger partial charge in [-0.2, -0.15) is 0 Å². The summed E-state index contributed by atoms with van der Waals surface area (Å²) in [4.78, 5) is 16.6. The van der Waals surface area contributed by atoms with E-state index in [1.807, 2.05) is 0 Å². The van der Waals surface area contributed by atoms with Crippen molar-refractivity contribution < 1.29 is 4.79 Å². The molecule has 2 saturated heterocycles. The first-order valence-corrected chi connectivity index (χ1v) is 7.08. The minimum atomic E-state index is 0.311. The Morgan fingerprint density at radius 3 is 2.41 bits per heavy atom. The van der Waals surface area contributed by atoms with Gasteiger partial charge in [0.15, 0.2) is 0 Å². The van der Waals surface area contributed by atoms with Gasteiger partial charge in [0.05, 0.1) is 0 Å². The molecule has 0 N–H and O–H groups in total. The molecule has 0 aromatic heterocycles. The lowest BCUT2D eigenvalue weighted by molar-refractivity contribution is -0.129. The molecule has 0 radical (unpaired) electrons. The van der Waals surface area contributed by atoms with Crippen LogP contribution in [0.1, 0.15) is 46.5 Å². The van der Waals surface area contributed by atoms with E-state index < -0.39 is 0 Å². The molecule has 0 unspecified atom stereocenters. The quantitative estimate of drug-likeness (QED) is 0.752. The number of nitrogens with zero attached hydrogens (tertiary/aromatic N) is 2. The average Bonchev–Trinajstić information content (AvgIpc) is 2.60. The summed E-state index contributed by atoms with van der Waals surface area (Å²) < 4.78 is 0. The van der Waals surface area contributed by atoms with Gasteiger partial charge in [-0.25, -0.2) is 0 Å². The molecule has 0 aromatic rings. The van der Waals surface area contributed by atoms with E-state index >= 15 is 0 Å². The van der Waals surface area contributed by atoms with E-state index in [0.29, 0.717) is 17.4 Å². The minimum absolute atomic E-state index is 0.311. The summed E-state index contributed by atoms with van der Waals surface area (Å²) in [5.41, 5.74) is 0.311. The summed E-state index contributed by atoms with van der Waals surface area (Å²) in [5.74, 6) is 0.379. The van der Waals surface area contributed by atoms with Crippen molar-refractivity contribution in [3.63, 3.8) is 0 Å². The van der Waals surface area contributed by atoms with Gasteiger partial charge in [0.2, 0.25) is 5.91 Å². The highest BCUT2D eigenvalue weighted by Crippen LogP contribution is 2.41. The summed E-state index contributed by atoms with van der Waals surface area (Å²) in [7, 11) is 0. The Morgan fingerprint density at radius 2 is 1.94 bits per heavy atom. The lowest BCUT2D eigenvalue weighted by Gasteiger charge is -2.39. The summed E-state index contributed by atoms with van der Waals surface area (Å²) in [6.45, 7) is 11.1. The van der Waals surface area contributed by atoms with E-state index in [4.69, 9.17) is 0 Å². The van der Waals surface area contributed by atoms with Crippen LogP contribution in [-0.4, -0.2) is 47.9 Å². The van der Waals surface area contributed by atoms with Crippen LogP contribution in [0.2, 0.25) is 0 Å². The van der Waals surface area contributed by atoms with Gasteiger partial charge in [-0.05, 0) is 58.2 Å². The number of hydrogen-bond donors (Lipinski definition) is 0. The first kappa shape index (κ1) is 12.9. The molecule has 2 rings (SSSR count). The second-order valence-corrected chi connectivity index (χ2v) is 6.13. The van der Waals surface area contributed by atoms with Crippen molar-refractivity contribution in [3.05, 3.63) is 0 Å². The molecule has 2 aliphatic heterocycles. The third-order valence-electron chi connectivity index (χ3n) is 4.43. The standard InChI is InChI=1S/C14H26N2O/c1-4-7-15-8-5-14(6-9-15)10-13(17)16(11-14)12(2)3/h12H,4-11H2,1-3H3. The Morgan fingerprint density at radius 1 is 1.29 bits per heavy atom. The number of hydrogen-bond acceptors (Lipinski definition) is 2. The Kier molecular flexibility index (Phi) is 3.76. The molecule has 2 aliphatic rings. The van der Waals surface area contributed by atoms with Gasteiger partial charge in [0.25, 0.3) is 0 Å². The smallest absolute Gasteiger partial charge is 0.223 e. The second kappa shape index (κ2) is 4.97. The average molecular weight is 238 g/mol. The van der Waals surface area contributed by atoms with Crippen molar-refractivity contribution in [1.82, 2.24) is 9.80 Å². The molecule has 3 nitrogen and oxygen atoms in total. The SMILES string of the molecule is CCCN1CCC2(CC1)CC(=O)N(C(C)C)C2. The number of carbonyl (C=O) groups is 1. The van der Waals surface area contributed by atoms with Crippen LogP contribution in [0.25, 0.3) is 0 Å². The van der Waals surface area contributed by atoms with E-state index in [9.17, 15) is 4.79 Å². The van der Waals surface area contributed by atoms with Gasteiger partial charge in [0, 0.05) is 19.0 Å². The van der Waals surface area contributed by atoms with E-state index in [-0.39, 0.29) is 0 Å². The van der Waals surface area contributed by atoms with Crippen LogP contribution in [0.3, 0.4) is 0 Å². The van der Waals surface area contributed by atoms with E-state index in [0.717, 1.165) is 13.0 Å². The fourth-order valence-corrected chi connectivity index (χ4v) is 3.30. The van der Waals surface area contributed by atoms with Gasteiger partial charge >= 0.3 is 0 Å². The summed E-state index contributed by atoms with van der Waals surface area (Å²) in [6.07, 6.45) is 4.46. The molecular weight excluding hydrogens is 212 g/mol. The van der Waals surface area contributed by atoms with E-state index in [1.165, 1.54) is 38.9 Å². The highest BCUT2D eigenvalue weighted by Gasteiger charge is 2.45. The molecule has 0 atom stereocenters.